The largest absolute Gasteiger partial charge is 0.339 e. The molecule has 0 aromatic heterocycles. The highest BCUT2D eigenvalue weighted by Gasteiger charge is 2.24. The van der Waals surface area contributed by atoms with Crippen molar-refractivity contribution in [3.63, 3.8) is 0 Å². The lowest BCUT2D eigenvalue weighted by Crippen LogP contribution is -2.53. The van der Waals surface area contributed by atoms with Crippen LogP contribution < -0.4 is 5.73 Å². The van der Waals surface area contributed by atoms with Gasteiger partial charge in [0.05, 0.1) is 6.04 Å². The average Bonchev–Trinajstić information content (AvgIpc) is 2.27. The van der Waals surface area contributed by atoms with Gasteiger partial charge in [0.2, 0.25) is 5.91 Å². The molecule has 4 nitrogen and oxygen atoms in total. The van der Waals surface area contributed by atoms with E-state index in [0.717, 1.165) is 39.1 Å². The molecule has 1 unspecified atom stereocenters. The first kappa shape index (κ1) is 13.5. The highest BCUT2D eigenvalue weighted by Crippen LogP contribution is 2.08. The minimum Gasteiger partial charge on any atom is -0.339 e. The third-order valence-corrected chi connectivity index (χ3v) is 3.17. The van der Waals surface area contributed by atoms with Gasteiger partial charge in [-0.2, -0.15) is 0 Å². The molecule has 0 aliphatic carbocycles. The van der Waals surface area contributed by atoms with Crippen molar-refractivity contribution < 1.29 is 4.79 Å². The standard InChI is InChI=1S/C12H25N3O/c1-4-14-5-7-15(8-6-14)12(16)11(13)9-10(2)3/h10-11H,4-9,13H2,1-3H3. The molecule has 4 heteroatoms. The fraction of sp³-hybridized carbons (Fsp3) is 0.917. The summed E-state index contributed by atoms with van der Waals surface area (Å²) < 4.78 is 0. The molecule has 0 aromatic rings. The van der Waals surface area contributed by atoms with Gasteiger partial charge in [0.15, 0.2) is 0 Å². The first-order chi connectivity index (χ1) is 7.54. The van der Waals surface area contributed by atoms with Crippen molar-refractivity contribution in [2.45, 2.75) is 33.2 Å². The Morgan fingerprint density at radius 2 is 1.81 bits per heavy atom. The molecule has 1 heterocycles. The van der Waals surface area contributed by atoms with Gasteiger partial charge in [-0.25, -0.2) is 0 Å². The number of likely N-dealkylation sites (N-methyl/N-ethyl adjacent to an activating group) is 1. The van der Waals surface area contributed by atoms with Gasteiger partial charge in [0.25, 0.3) is 0 Å². The van der Waals surface area contributed by atoms with Gasteiger partial charge in [0, 0.05) is 26.2 Å². The van der Waals surface area contributed by atoms with Crippen LogP contribution >= 0.6 is 0 Å². The Kier molecular flexibility index (Phi) is 5.22. The fourth-order valence-corrected chi connectivity index (χ4v) is 2.13. The molecule has 1 saturated heterocycles. The molecule has 16 heavy (non-hydrogen) atoms. The molecule has 0 saturated carbocycles. The topological polar surface area (TPSA) is 49.6 Å². The summed E-state index contributed by atoms with van der Waals surface area (Å²) in [5, 5.41) is 0. The summed E-state index contributed by atoms with van der Waals surface area (Å²) >= 11 is 0. The van der Waals surface area contributed by atoms with Crippen molar-refractivity contribution in [3.8, 4) is 0 Å². The van der Waals surface area contributed by atoms with Crippen LogP contribution in [0.15, 0.2) is 0 Å². The van der Waals surface area contributed by atoms with E-state index in [-0.39, 0.29) is 11.9 Å². The van der Waals surface area contributed by atoms with E-state index in [1.54, 1.807) is 0 Å². The molecule has 0 aromatic carbocycles. The molecule has 2 N–H and O–H groups in total. The van der Waals surface area contributed by atoms with Gasteiger partial charge in [-0.05, 0) is 18.9 Å². The Morgan fingerprint density at radius 1 is 1.25 bits per heavy atom. The van der Waals surface area contributed by atoms with E-state index in [9.17, 15) is 4.79 Å². The van der Waals surface area contributed by atoms with Gasteiger partial charge >= 0.3 is 0 Å². The lowest BCUT2D eigenvalue weighted by molar-refractivity contribution is -0.134. The molecule has 1 rings (SSSR count). The summed E-state index contributed by atoms with van der Waals surface area (Å²) in [6.07, 6.45) is 0.785. The van der Waals surface area contributed by atoms with Crippen LogP contribution in [-0.4, -0.2) is 54.5 Å². The third-order valence-electron chi connectivity index (χ3n) is 3.17. The molecule has 0 bridgehead atoms. The van der Waals surface area contributed by atoms with E-state index in [2.05, 4.69) is 25.7 Å². The van der Waals surface area contributed by atoms with Crippen LogP contribution in [0.3, 0.4) is 0 Å². The smallest absolute Gasteiger partial charge is 0.239 e. The minimum absolute atomic E-state index is 0.129. The maximum atomic E-state index is 12.0. The first-order valence-corrected chi connectivity index (χ1v) is 6.31. The average molecular weight is 227 g/mol. The van der Waals surface area contributed by atoms with Crippen LogP contribution in [0.2, 0.25) is 0 Å². The zero-order chi connectivity index (χ0) is 12.1. The van der Waals surface area contributed by atoms with Crippen LogP contribution in [0.25, 0.3) is 0 Å². The number of carbonyl (C=O) groups excluding carboxylic acids is 1. The van der Waals surface area contributed by atoms with Crippen molar-refractivity contribution >= 4 is 5.91 Å². The molecule has 0 spiro atoms. The second kappa shape index (κ2) is 6.21. The fourth-order valence-electron chi connectivity index (χ4n) is 2.13. The molecule has 94 valence electrons. The monoisotopic (exact) mass is 227 g/mol. The molecular formula is C12H25N3O. The van der Waals surface area contributed by atoms with E-state index >= 15 is 0 Å². The van der Waals surface area contributed by atoms with E-state index in [1.807, 2.05) is 4.90 Å². The highest BCUT2D eigenvalue weighted by atomic mass is 16.2. The number of carbonyl (C=O) groups is 1. The molecular weight excluding hydrogens is 202 g/mol. The summed E-state index contributed by atoms with van der Waals surface area (Å²) in [5.41, 5.74) is 5.91. The third kappa shape index (κ3) is 3.76. The number of hydrogen-bond acceptors (Lipinski definition) is 3. The van der Waals surface area contributed by atoms with Gasteiger partial charge in [-0.3, -0.25) is 4.79 Å². The number of hydrogen-bond donors (Lipinski definition) is 1. The summed E-state index contributed by atoms with van der Waals surface area (Å²) in [4.78, 5) is 16.3. The van der Waals surface area contributed by atoms with Crippen LogP contribution in [0.4, 0.5) is 0 Å². The Morgan fingerprint density at radius 3 is 2.25 bits per heavy atom. The Labute approximate surface area is 98.8 Å². The lowest BCUT2D eigenvalue weighted by Gasteiger charge is -2.35. The summed E-state index contributed by atoms with van der Waals surface area (Å²) in [6.45, 7) is 11.1. The van der Waals surface area contributed by atoms with Crippen LogP contribution in [0, 0.1) is 5.92 Å². The van der Waals surface area contributed by atoms with E-state index in [4.69, 9.17) is 5.73 Å². The lowest BCUT2D eigenvalue weighted by atomic mass is 10.0. The van der Waals surface area contributed by atoms with Crippen molar-refractivity contribution in [3.05, 3.63) is 0 Å². The first-order valence-electron chi connectivity index (χ1n) is 6.31. The highest BCUT2D eigenvalue weighted by molar-refractivity contribution is 5.81. The normalized spacial score (nSPS) is 20.2. The predicted molar refractivity (Wildman–Crippen MR) is 66.1 cm³/mol. The number of amides is 1. The number of rotatable bonds is 4. The Hall–Kier alpha value is -0.610. The number of nitrogens with zero attached hydrogens (tertiary/aromatic N) is 2. The molecule has 1 amide bonds. The van der Waals surface area contributed by atoms with Crippen molar-refractivity contribution in [2.75, 3.05) is 32.7 Å². The molecule has 1 fully saturated rings. The van der Waals surface area contributed by atoms with Crippen LogP contribution in [0.1, 0.15) is 27.2 Å². The summed E-state index contributed by atoms with van der Waals surface area (Å²) in [5.74, 6) is 0.611. The Bertz CT molecular complexity index is 222. The van der Waals surface area contributed by atoms with Gasteiger partial charge in [-0.1, -0.05) is 20.8 Å². The van der Waals surface area contributed by atoms with E-state index in [0.29, 0.717) is 5.92 Å². The second-order valence-corrected chi connectivity index (χ2v) is 5.00. The van der Waals surface area contributed by atoms with E-state index < -0.39 is 0 Å². The van der Waals surface area contributed by atoms with Gasteiger partial charge in [-0.15, -0.1) is 0 Å². The number of nitrogens with two attached hydrogens (primary N) is 1. The molecule has 0 radical (unpaired) electrons. The molecule has 1 aliphatic heterocycles. The predicted octanol–water partition coefficient (Wildman–Crippen LogP) is 0.524. The van der Waals surface area contributed by atoms with Gasteiger partial charge < -0.3 is 15.5 Å². The second-order valence-electron chi connectivity index (χ2n) is 5.00. The molecule has 1 atom stereocenters. The molecule has 1 aliphatic rings. The minimum atomic E-state index is -0.312. The van der Waals surface area contributed by atoms with Crippen molar-refractivity contribution in [1.82, 2.24) is 9.80 Å². The zero-order valence-corrected chi connectivity index (χ0v) is 10.8. The SMILES string of the molecule is CCN1CCN(C(=O)C(N)CC(C)C)CC1. The maximum absolute atomic E-state index is 12.0. The van der Waals surface area contributed by atoms with Crippen molar-refractivity contribution in [1.29, 1.82) is 0 Å². The summed E-state index contributed by atoms with van der Waals surface area (Å²) in [7, 11) is 0. The summed E-state index contributed by atoms with van der Waals surface area (Å²) in [6, 6.07) is -0.312. The zero-order valence-electron chi connectivity index (χ0n) is 10.8. The maximum Gasteiger partial charge on any atom is 0.239 e. The Balaban J connectivity index is 2.38. The van der Waals surface area contributed by atoms with Crippen LogP contribution in [-0.2, 0) is 4.79 Å². The quantitative estimate of drug-likeness (QED) is 0.762. The van der Waals surface area contributed by atoms with Crippen LogP contribution in [0.5, 0.6) is 0 Å². The van der Waals surface area contributed by atoms with Gasteiger partial charge in [0.1, 0.15) is 0 Å². The van der Waals surface area contributed by atoms with E-state index in [1.165, 1.54) is 0 Å². The number of piperazine rings is 1. The van der Waals surface area contributed by atoms with Crippen molar-refractivity contribution in [2.24, 2.45) is 11.7 Å².